The lowest BCUT2D eigenvalue weighted by Gasteiger charge is -2.12. The van der Waals surface area contributed by atoms with Gasteiger partial charge in [-0.05, 0) is 31.5 Å². The van der Waals surface area contributed by atoms with Crippen molar-refractivity contribution in [3.8, 4) is 5.75 Å². The molecule has 2 nitrogen and oxygen atoms in total. The molecular weight excluding hydrogens is 246 g/mol. The van der Waals surface area contributed by atoms with Gasteiger partial charge in [0, 0.05) is 17.8 Å². The van der Waals surface area contributed by atoms with Gasteiger partial charge in [-0.2, -0.15) is 0 Å². The normalized spacial score (nSPS) is 10.7. The molecule has 0 saturated heterocycles. The number of hydrogen-bond donors (Lipinski definition) is 1. The van der Waals surface area contributed by atoms with Gasteiger partial charge in [0.15, 0.2) is 0 Å². The van der Waals surface area contributed by atoms with Crippen LogP contribution < -0.4 is 10.1 Å². The third kappa shape index (κ3) is 3.89. The van der Waals surface area contributed by atoms with Crippen LogP contribution in [0.5, 0.6) is 5.75 Å². The summed E-state index contributed by atoms with van der Waals surface area (Å²) in [5.41, 5.74) is 3.53. The number of anilines is 1. The van der Waals surface area contributed by atoms with Gasteiger partial charge in [-0.15, -0.1) is 0 Å². The van der Waals surface area contributed by atoms with Gasteiger partial charge in [0.25, 0.3) is 0 Å². The highest BCUT2D eigenvalue weighted by Crippen LogP contribution is 2.19. The highest BCUT2D eigenvalue weighted by Gasteiger charge is 2.00. The lowest BCUT2D eigenvalue weighted by atomic mass is 10.2. The van der Waals surface area contributed by atoms with Crippen molar-refractivity contribution in [2.24, 2.45) is 0 Å². The van der Waals surface area contributed by atoms with Crippen LogP contribution in [0.4, 0.5) is 5.69 Å². The van der Waals surface area contributed by atoms with Crippen LogP contribution >= 0.6 is 0 Å². The van der Waals surface area contributed by atoms with Crippen LogP contribution in [-0.4, -0.2) is 13.2 Å². The summed E-state index contributed by atoms with van der Waals surface area (Å²) in [5, 5.41) is 3.39. The van der Waals surface area contributed by atoms with Gasteiger partial charge in [-0.3, -0.25) is 0 Å². The van der Waals surface area contributed by atoms with Crippen molar-refractivity contribution in [2.75, 3.05) is 18.5 Å². The van der Waals surface area contributed by atoms with Crippen molar-refractivity contribution in [3.05, 3.63) is 65.7 Å². The van der Waals surface area contributed by atoms with E-state index in [0.29, 0.717) is 6.61 Å². The molecule has 104 valence electrons. The fraction of sp³-hybridized carbons (Fsp3) is 0.222. The van der Waals surface area contributed by atoms with Crippen molar-refractivity contribution in [1.82, 2.24) is 0 Å². The Morgan fingerprint density at radius 3 is 2.60 bits per heavy atom. The summed E-state index contributed by atoms with van der Waals surface area (Å²) in [6.45, 7) is 5.54. The molecule has 1 N–H and O–H groups in total. The van der Waals surface area contributed by atoms with Crippen LogP contribution in [-0.2, 0) is 0 Å². The highest BCUT2D eigenvalue weighted by molar-refractivity contribution is 5.56. The first kappa shape index (κ1) is 14.2. The van der Waals surface area contributed by atoms with E-state index in [1.54, 1.807) is 0 Å². The molecule has 0 aliphatic carbocycles. The predicted octanol–water partition coefficient (Wildman–Crippen LogP) is 4.52. The Morgan fingerprint density at radius 1 is 1.05 bits per heavy atom. The average Bonchev–Trinajstić information content (AvgIpc) is 2.47. The van der Waals surface area contributed by atoms with Crippen LogP contribution in [0.1, 0.15) is 18.1 Å². The second-order valence-electron chi connectivity index (χ2n) is 4.63. The molecule has 0 aliphatic rings. The van der Waals surface area contributed by atoms with E-state index < -0.39 is 0 Å². The topological polar surface area (TPSA) is 21.3 Å². The van der Waals surface area contributed by atoms with Crippen LogP contribution in [0.3, 0.4) is 0 Å². The largest absolute Gasteiger partial charge is 0.491 e. The van der Waals surface area contributed by atoms with Crippen molar-refractivity contribution >= 4 is 11.8 Å². The number of rotatable bonds is 6. The van der Waals surface area contributed by atoms with E-state index >= 15 is 0 Å². The minimum Gasteiger partial charge on any atom is -0.491 e. The van der Waals surface area contributed by atoms with E-state index in [1.807, 2.05) is 43.3 Å². The van der Waals surface area contributed by atoms with Crippen LogP contribution in [0.25, 0.3) is 6.08 Å². The zero-order valence-electron chi connectivity index (χ0n) is 12.1. The fourth-order valence-corrected chi connectivity index (χ4v) is 2.05. The molecule has 0 unspecified atom stereocenters. The Hall–Kier alpha value is -2.22. The summed E-state index contributed by atoms with van der Waals surface area (Å²) >= 11 is 0. The standard InChI is InChI=1S/C18H21NO/c1-3-8-16-10-5-7-12-18(16)20-14-13-19-17-11-6-4-9-15(17)2/h3-12,19H,13-14H2,1-2H3. The molecule has 20 heavy (non-hydrogen) atoms. The zero-order chi connectivity index (χ0) is 14.2. The monoisotopic (exact) mass is 267 g/mol. The first-order valence-electron chi connectivity index (χ1n) is 6.95. The van der Waals surface area contributed by atoms with Crippen molar-refractivity contribution in [1.29, 1.82) is 0 Å². The average molecular weight is 267 g/mol. The first-order chi connectivity index (χ1) is 9.81. The smallest absolute Gasteiger partial charge is 0.126 e. The molecule has 0 aliphatic heterocycles. The van der Waals surface area contributed by atoms with Gasteiger partial charge in [0.05, 0.1) is 0 Å². The highest BCUT2D eigenvalue weighted by atomic mass is 16.5. The van der Waals surface area contributed by atoms with Gasteiger partial charge in [0.1, 0.15) is 12.4 Å². The van der Waals surface area contributed by atoms with Crippen molar-refractivity contribution in [3.63, 3.8) is 0 Å². The van der Waals surface area contributed by atoms with Crippen molar-refractivity contribution in [2.45, 2.75) is 13.8 Å². The maximum Gasteiger partial charge on any atom is 0.126 e. The maximum atomic E-state index is 5.84. The SMILES string of the molecule is CC=Cc1ccccc1OCCNc1ccccc1C. The molecule has 0 bridgehead atoms. The van der Waals surface area contributed by atoms with Gasteiger partial charge in [-0.1, -0.05) is 48.6 Å². The number of allylic oxidation sites excluding steroid dienone is 1. The quantitative estimate of drug-likeness (QED) is 0.777. The molecule has 0 amide bonds. The number of hydrogen-bond acceptors (Lipinski definition) is 2. The van der Waals surface area contributed by atoms with Gasteiger partial charge in [0.2, 0.25) is 0 Å². The molecule has 0 saturated carbocycles. The Balaban J connectivity index is 1.86. The molecular formula is C18H21NO. The van der Waals surface area contributed by atoms with E-state index in [2.05, 4.69) is 36.5 Å². The number of ether oxygens (including phenoxy) is 1. The third-order valence-electron chi connectivity index (χ3n) is 3.09. The van der Waals surface area contributed by atoms with Crippen LogP contribution in [0.15, 0.2) is 54.6 Å². The second-order valence-corrected chi connectivity index (χ2v) is 4.63. The van der Waals surface area contributed by atoms with Gasteiger partial charge >= 0.3 is 0 Å². The third-order valence-corrected chi connectivity index (χ3v) is 3.09. The molecule has 2 rings (SSSR count). The van der Waals surface area contributed by atoms with E-state index in [4.69, 9.17) is 4.74 Å². The molecule has 0 fully saturated rings. The number of aryl methyl sites for hydroxylation is 1. The second kappa shape index (κ2) is 7.39. The molecule has 0 heterocycles. The summed E-state index contributed by atoms with van der Waals surface area (Å²) in [5.74, 6) is 0.928. The van der Waals surface area contributed by atoms with E-state index in [1.165, 1.54) is 5.56 Å². The van der Waals surface area contributed by atoms with E-state index in [-0.39, 0.29) is 0 Å². The molecule has 0 atom stereocenters. The molecule has 2 aromatic rings. The molecule has 2 aromatic carbocycles. The van der Waals surface area contributed by atoms with Gasteiger partial charge in [-0.25, -0.2) is 0 Å². The Labute approximate surface area is 121 Å². The number of benzene rings is 2. The summed E-state index contributed by atoms with van der Waals surface area (Å²) in [6.07, 6.45) is 4.08. The number of nitrogens with one attached hydrogen (secondary N) is 1. The summed E-state index contributed by atoms with van der Waals surface area (Å²) in [6, 6.07) is 16.4. The molecule has 0 aromatic heterocycles. The van der Waals surface area contributed by atoms with Crippen molar-refractivity contribution < 1.29 is 4.74 Å². The predicted molar refractivity (Wildman–Crippen MR) is 86.3 cm³/mol. The Bertz CT molecular complexity index is 575. The minimum absolute atomic E-state index is 0.642. The minimum atomic E-state index is 0.642. The molecule has 2 heteroatoms. The fourth-order valence-electron chi connectivity index (χ4n) is 2.05. The summed E-state index contributed by atoms with van der Waals surface area (Å²) in [7, 11) is 0. The first-order valence-corrected chi connectivity index (χ1v) is 6.95. The zero-order valence-corrected chi connectivity index (χ0v) is 12.1. The van der Waals surface area contributed by atoms with Crippen LogP contribution in [0.2, 0.25) is 0 Å². The number of para-hydroxylation sites is 2. The Kier molecular flexibility index (Phi) is 5.24. The molecule has 0 spiro atoms. The van der Waals surface area contributed by atoms with Gasteiger partial charge < -0.3 is 10.1 Å². The van der Waals surface area contributed by atoms with E-state index in [9.17, 15) is 0 Å². The molecule has 0 radical (unpaired) electrons. The lowest BCUT2D eigenvalue weighted by molar-refractivity contribution is 0.332. The maximum absolute atomic E-state index is 5.84. The summed E-state index contributed by atoms with van der Waals surface area (Å²) < 4.78 is 5.84. The summed E-state index contributed by atoms with van der Waals surface area (Å²) in [4.78, 5) is 0. The van der Waals surface area contributed by atoms with E-state index in [0.717, 1.165) is 23.5 Å². The van der Waals surface area contributed by atoms with Crippen LogP contribution in [0, 0.1) is 6.92 Å². The Morgan fingerprint density at radius 2 is 1.80 bits per heavy atom. The lowest BCUT2D eigenvalue weighted by Crippen LogP contribution is -2.12.